The molecule has 0 rings (SSSR count). The van der Waals surface area contributed by atoms with Gasteiger partial charge >= 0.3 is 11.9 Å². The molecular weight excluding hydrogens is 320 g/mol. The fraction of sp³-hybridized carbons (Fsp3) is 0.857. The van der Waals surface area contributed by atoms with Crippen LogP contribution in [0, 0.1) is 0 Å². The summed E-state index contributed by atoms with van der Waals surface area (Å²) in [6.07, 6.45) is -2.71. The Morgan fingerprint density at radius 3 is 1.38 bits per heavy atom. The number of aliphatic hydroxyl groups is 2. The summed E-state index contributed by atoms with van der Waals surface area (Å²) >= 11 is 0. The quantitative estimate of drug-likeness (QED) is 0.118. The maximum atomic E-state index is 11.6. The summed E-state index contributed by atoms with van der Waals surface area (Å²) in [5.41, 5.74) is 21.8. The SMILES string of the molecule is NCCCCC(N)OC(=O)C(O)C(O)C(=O)OC(N)CCCCN. The van der Waals surface area contributed by atoms with Crippen molar-refractivity contribution in [1.29, 1.82) is 0 Å². The van der Waals surface area contributed by atoms with Crippen LogP contribution in [0.25, 0.3) is 0 Å². The van der Waals surface area contributed by atoms with E-state index in [1.54, 1.807) is 0 Å². The fourth-order valence-electron chi connectivity index (χ4n) is 1.79. The van der Waals surface area contributed by atoms with E-state index in [2.05, 4.69) is 0 Å². The van der Waals surface area contributed by atoms with Crippen molar-refractivity contribution in [2.75, 3.05) is 13.1 Å². The van der Waals surface area contributed by atoms with E-state index in [1.165, 1.54) is 0 Å². The van der Waals surface area contributed by atoms with Gasteiger partial charge in [0.25, 0.3) is 0 Å². The highest BCUT2D eigenvalue weighted by atomic mass is 16.6. The molecule has 0 saturated carbocycles. The predicted molar refractivity (Wildman–Crippen MR) is 86.0 cm³/mol. The van der Waals surface area contributed by atoms with E-state index >= 15 is 0 Å². The topological polar surface area (TPSA) is 197 Å². The Kier molecular flexibility index (Phi) is 12.3. The van der Waals surface area contributed by atoms with E-state index < -0.39 is 36.6 Å². The van der Waals surface area contributed by atoms with Gasteiger partial charge in [0.2, 0.25) is 0 Å². The standard InChI is InChI=1S/C14H30N4O6/c15-7-3-1-5-9(17)23-13(21)11(19)12(20)14(22)24-10(18)6-2-4-8-16/h9-12,19-20H,1-8,15-18H2. The summed E-state index contributed by atoms with van der Waals surface area (Å²) < 4.78 is 9.50. The molecule has 0 aliphatic rings. The lowest BCUT2D eigenvalue weighted by atomic mass is 10.2. The molecule has 0 aromatic rings. The Morgan fingerprint density at radius 2 is 1.08 bits per heavy atom. The number of carbonyl (C=O) groups excluding carboxylic acids is 2. The van der Waals surface area contributed by atoms with Crippen molar-refractivity contribution < 1.29 is 29.3 Å². The third-order valence-electron chi connectivity index (χ3n) is 3.20. The van der Waals surface area contributed by atoms with E-state index in [4.69, 9.17) is 32.4 Å². The maximum Gasteiger partial charge on any atom is 0.339 e. The van der Waals surface area contributed by atoms with E-state index in [9.17, 15) is 19.8 Å². The van der Waals surface area contributed by atoms with Crippen molar-refractivity contribution in [3.05, 3.63) is 0 Å². The highest BCUT2D eigenvalue weighted by molar-refractivity contribution is 5.85. The van der Waals surface area contributed by atoms with E-state index in [-0.39, 0.29) is 0 Å². The summed E-state index contributed by atoms with van der Waals surface area (Å²) in [4.78, 5) is 23.3. The molecule has 0 radical (unpaired) electrons. The van der Waals surface area contributed by atoms with Gasteiger partial charge in [-0.25, -0.2) is 9.59 Å². The van der Waals surface area contributed by atoms with Crippen LogP contribution in [0.2, 0.25) is 0 Å². The number of unbranched alkanes of at least 4 members (excludes halogenated alkanes) is 2. The van der Waals surface area contributed by atoms with Gasteiger partial charge in [0.15, 0.2) is 24.7 Å². The molecule has 0 aromatic carbocycles. The molecule has 142 valence electrons. The highest BCUT2D eigenvalue weighted by Gasteiger charge is 2.34. The van der Waals surface area contributed by atoms with Crippen molar-refractivity contribution in [2.24, 2.45) is 22.9 Å². The maximum absolute atomic E-state index is 11.6. The van der Waals surface area contributed by atoms with Crippen LogP contribution in [0.15, 0.2) is 0 Å². The van der Waals surface area contributed by atoms with Crippen molar-refractivity contribution in [3.8, 4) is 0 Å². The first kappa shape index (κ1) is 22.7. The minimum atomic E-state index is -2.10. The Morgan fingerprint density at radius 1 is 0.750 bits per heavy atom. The number of hydrogen-bond acceptors (Lipinski definition) is 10. The number of aliphatic hydroxyl groups excluding tert-OH is 2. The highest BCUT2D eigenvalue weighted by Crippen LogP contribution is 2.07. The Hall–Kier alpha value is -1.30. The van der Waals surface area contributed by atoms with Crippen molar-refractivity contribution in [3.63, 3.8) is 0 Å². The summed E-state index contributed by atoms with van der Waals surface area (Å²) in [6.45, 7) is 0.971. The average Bonchev–Trinajstić information content (AvgIpc) is 2.53. The molecule has 0 aromatic heterocycles. The molecule has 0 aliphatic heterocycles. The molecule has 0 heterocycles. The molecule has 0 amide bonds. The predicted octanol–water partition coefficient (Wildman–Crippen LogP) is -2.38. The van der Waals surface area contributed by atoms with Crippen molar-refractivity contribution >= 4 is 11.9 Å². The smallest absolute Gasteiger partial charge is 0.339 e. The number of hydrogen-bond donors (Lipinski definition) is 6. The molecule has 0 bridgehead atoms. The fourth-order valence-corrected chi connectivity index (χ4v) is 1.79. The van der Waals surface area contributed by atoms with E-state index in [0.717, 1.165) is 0 Å². The molecule has 10 nitrogen and oxygen atoms in total. The lowest BCUT2D eigenvalue weighted by Gasteiger charge is -2.20. The number of nitrogens with two attached hydrogens (primary N) is 4. The lowest BCUT2D eigenvalue weighted by Crippen LogP contribution is -2.45. The Balaban J connectivity index is 4.24. The number of ether oxygens (including phenoxy) is 2. The number of esters is 2. The van der Waals surface area contributed by atoms with E-state index in [0.29, 0.717) is 51.6 Å². The third kappa shape index (κ3) is 9.75. The molecule has 10 N–H and O–H groups in total. The first-order valence-electron chi connectivity index (χ1n) is 8.01. The van der Waals surface area contributed by atoms with Crippen molar-refractivity contribution in [2.45, 2.75) is 63.2 Å². The number of carbonyl (C=O) groups is 2. The van der Waals surface area contributed by atoms with Gasteiger partial charge in [-0.05, 0) is 51.6 Å². The van der Waals surface area contributed by atoms with E-state index in [1.807, 2.05) is 0 Å². The van der Waals surface area contributed by atoms with Gasteiger partial charge in [-0.2, -0.15) is 0 Å². The average molecular weight is 350 g/mol. The minimum Gasteiger partial charge on any atom is -0.445 e. The minimum absolute atomic E-state index is 0.349. The summed E-state index contributed by atoms with van der Waals surface area (Å²) in [6, 6.07) is 0. The van der Waals surface area contributed by atoms with Crippen LogP contribution < -0.4 is 22.9 Å². The molecular formula is C14H30N4O6. The van der Waals surface area contributed by atoms with Gasteiger partial charge < -0.3 is 31.2 Å². The van der Waals surface area contributed by atoms with Gasteiger partial charge in [0, 0.05) is 0 Å². The molecule has 4 unspecified atom stereocenters. The van der Waals surface area contributed by atoms with Crippen LogP contribution >= 0.6 is 0 Å². The third-order valence-corrected chi connectivity index (χ3v) is 3.20. The second-order valence-electron chi connectivity index (χ2n) is 5.41. The molecule has 4 atom stereocenters. The van der Waals surface area contributed by atoms with Crippen LogP contribution in [0.3, 0.4) is 0 Å². The van der Waals surface area contributed by atoms with Crippen LogP contribution in [-0.2, 0) is 19.1 Å². The summed E-state index contributed by atoms with van der Waals surface area (Å²) in [5.74, 6) is -2.42. The molecule has 24 heavy (non-hydrogen) atoms. The summed E-state index contributed by atoms with van der Waals surface area (Å²) in [5, 5.41) is 19.3. The van der Waals surface area contributed by atoms with Gasteiger partial charge in [-0.3, -0.25) is 11.5 Å². The lowest BCUT2D eigenvalue weighted by molar-refractivity contribution is -0.179. The molecule has 0 aliphatic carbocycles. The largest absolute Gasteiger partial charge is 0.445 e. The second-order valence-corrected chi connectivity index (χ2v) is 5.41. The molecule has 0 fully saturated rings. The van der Waals surface area contributed by atoms with Crippen LogP contribution in [0.1, 0.15) is 38.5 Å². The zero-order valence-electron chi connectivity index (χ0n) is 13.8. The second kappa shape index (κ2) is 13.0. The van der Waals surface area contributed by atoms with Crippen LogP contribution in [0.4, 0.5) is 0 Å². The number of rotatable bonds is 13. The van der Waals surface area contributed by atoms with Crippen LogP contribution in [0.5, 0.6) is 0 Å². The molecule has 0 spiro atoms. The zero-order chi connectivity index (χ0) is 18.5. The monoisotopic (exact) mass is 350 g/mol. The summed E-state index contributed by atoms with van der Waals surface area (Å²) in [7, 11) is 0. The van der Waals surface area contributed by atoms with Crippen molar-refractivity contribution in [1.82, 2.24) is 0 Å². The Bertz CT molecular complexity index is 337. The Labute approximate surface area is 141 Å². The van der Waals surface area contributed by atoms with Crippen LogP contribution in [-0.4, -0.2) is 59.9 Å². The zero-order valence-corrected chi connectivity index (χ0v) is 13.8. The first-order valence-corrected chi connectivity index (χ1v) is 8.01. The van der Waals surface area contributed by atoms with Gasteiger partial charge in [-0.1, -0.05) is 0 Å². The van der Waals surface area contributed by atoms with Gasteiger partial charge in [0.1, 0.15) is 0 Å². The normalized spacial score (nSPS) is 16.1. The molecule has 10 heteroatoms. The molecule has 0 saturated heterocycles. The van der Waals surface area contributed by atoms with Gasteiger partial charge in [0.05, 0.1) is 0 Å². The first-order chi connectivity index (χ1) is 11.3. The van der Waals surface area contributed by atoms with Gasteiger partial charge in [-0.15, -0.1) is 0 Å².